The van der Waals surface area contributed by atoms with Gasteiger partial charge in [-0.3, -0.25) is 38.9 Å². The molecule has 25 heteroatoms. The van der Waals surface area contributed by atoms with E-state index in [0.717, 1.165) is 59.3 Å². The molecule has 5 N–H and O–H groups in total. The van der Waals surface area contributed by atoms with Crippen LogP contribution in [0.1, 0.15) is 113 Å². The predicted molar refractivity (Wildman–Crippen MR) is 360 cm³/mol. The van der Waals surface area contributed by atoms with Crippen LogP contribution in [0.2, 0.25) is 0 Å². The van der Waals surface area contributed by atoms with E-state index in [0.29, 0.717) is 58.3 Å². The van der Waals surface area contributed by atoms with Gasteiger partial charge in [0.15, 0.2) is 0 Å². The summed E-state index contributed by atoms with van der Waals surface area (Å²) in [5.74, 6) is -1.86. The van der Waals surface area contributed by atoms with Gasteiger partial charge in [-0.15, -0.1) is 10.1 Å². The number of rotatable bonds is 12. The minimum absolute atomic E-state index is 0.111. The summed E-state index contributed by atoms with van der Waals surface area (Å²) in [7, 11) is 3.31. The molecule has 9 rings (SSSR count). The third-order valence-electron chi connectivity index (χ3n) is 13.9. The quantitative estimate of drug-likeness (QED) is 0.0383. The molecule has 0 saturated carbocycles. The van der Waals surface area contributed by atoms with Crippen molar-refractivity contribution in [2.75, 3.05) is 36.5 Å². The summed E-state index contributed by atoms with van der Waals surface area (Å²) < 4.78 is 37.3. The molecule has 6 aromatic carbocycles. The summed E-state index contributed by atoms with van der Waals surface area (Å²) in [5, 5.41) is 29.9. The predicted octanol–water partition coefficient (Wildman–Crippen LogP) is 11.4. The van der Waals surface area contributed by atoms with Gasteiger partial charge in [0.2, 0.25) is 0 Å². The summed E-state index contributed by atoms with van der Waals surface area (Å²) in [5.41, 5.74) is 10.5. The van der Waals surface area contributed by atoms with Crippen LogP contribution in [0.3, 0.4) is 0 Å². The highest BCUT2D eigenvalue weighted by molar-refractivity contribution is 9.10. The topological polar surface area (TPSA) is 299 Å². The number of amides is 3. The SMILES string of the molecule is CC(C)(C)OC(=O)CC1Cc2ccc(Br)cc2N(OC(=O)OC(C)(C)C)C1=O.COc1cccc(-c2ccc3c(c2)N(O)C(=O)C(N)C3)c1.COc1cccc(-c2ccc3c(c2)N(OC(=O)OC(C)(C)C)C(=O)C(CC(=O)OC(C)(C)C)C3)c1.COc1cccc(B(O)O)c1. The number of nitrogens with zero attached hydrogens (tertiary/aromatic N) is 3. The first-order valence-electron chi connectivity index (χ1n) is 30.4. The van der Waals surface area contributed by atoms with Gasteiger partial charge >= 0.3 is 31.4 Å². The molecule has 0 spiro atoms. The van der Waals surface area contributed by atoms with Crippen molar-refractivity contribution < 1.29 is 91.7 Å². The van der Waals surface area contributed by atoms with Crippen molar-refractivity contribution in [2.45, 2.75) is 144 Å². The molecule has 3 heterocycles. The zero-order valence-electron chi connectivity index (χ0n) is 56.1. The van der Waals surface area contributed by atoms with Gasteiger partial charge in [-0.1, -0.05) is 82.7 Å². The van der Waals surface area contributed by atoms with E-state index in [1.807, 2.05) is 84.9 Å². The van der Waals surface area contributed by atoms with E-state index in [1.54, 1.807) is 140 Å². The van der Waals surface area contributed by atoms with E-state index in [1.165, 1.54) is 7.11 Å². The second-order valence-corrected chi connectivity index (χ2v) is 27.2. The van der Waals surface area contributed by atoms with Crippen molar-refractivity contribution >= 4 is 87.5 Å². The van der Waals surface area contributed by atoms with Crippen LogP contribution in [-0.2, 0) is 71.9 Å². The number of anilines is 3. The van der Waals surface area contributed by atoms with Crippen molar-refractivity contribution in [1.82, 2.24) is 0 Å². The molecule has 3 atom stereocenters. The molecule has 0 fully saturated rings. The Hall–Kier alpha value is -9.01. The van der Waals surface area contributed by atoms with Gasteiger partial charge in [0.1, 0.15) is 39.7 Å². The zero-order valence-corrected chi connectivity index (χ0v) is 57.7. The first-order valence-corrected chi connectivity index (χ1v) is 31.2. The molecule has 508 valence electrons. The maximum Gasteiger partial charge on any atom is 0.534 e. The van der Waals surface area contributed by atoms with Crippen molar-refractivity contribution in [1.29, 1.82) is 0 Å². The average Bonchev–Trinajstić information content (AvgIpc) is 0.792. The van der Waals surface area contributed by atoms with Crippen molar-refractivity contribution in [2.24, 2.45) is 17.6 Å². The van der Waals surface area contributed by atoms with E-state index < -0.39 is 89.4 Å². The van der Waals surface area contributed by atoms with E-state index in [-0.39, 0.29) is 12.8 Å². The van der Waals surface area contributed by atoms with Gasteiger partial charge in [0, 0.05) is 4.47 Å². The van der Waals surface area contributed by atoms with E-state index >= 15 is 0 Å². The number of hydrogen-bond acceptors (Lipinski definition) is 20. The number of esters is 2. The van der Waals surface area contributed by atoms with Gasteiger partial charge in [-0.05, 0) is 207 Å². The molecule has 3 amide bonds. The molecule has 0 bridgehead atoms. The van der Waals surface area contributed by atoms with Crippen molar-refractivity contribution in [3.05, 3.63) is 149 Å². The van der Waals surface area contributed by atoms with Crippen LogP contribution < -0.4 is 40.6 Å². The highest BCUT2D eigenvalue weighted by Gasteiger charge is 2.41. The summed E-state index contributed by atoms with van der Waals surface area (Å²) in [4.78, 5) is 98.1. The lowest BCUT2D eigenvalue weighted by Crippen LogP contribution is -2.47. The molecule has 0 radical (unpaired) electrons. The van der Waals surface area contributed by atoms with Gasteiger partial charge < -0.3 is 48.9 Å². The molecule has 0 aromatic heterocycles. The molecule has 23 nitrogen and oxygen atoms in total. The third kappa shape index (κ3) is 22.3. The lowest BCUT2D eigenvalue weighted by molar-refractivity contribution is -0.158. The largest absolute Gasteiger partial charge is 0.534 e. The number of nitrogens with two attached hydrogens (primary N) is 1. The van der Waals surface area contributed by atoms with Gasteiger partial charge in [0.25, 0.3) is 17.7 Å². The van der Waals surface area contributed by atoms with Crippen LogP contribution in [0.5, 0.6) is 17.2 Å². The highest BCUT2D eigenvalue weighted by atomic mass is 79.9. The minimum Gasteiger partial charge on any atom is -0.497 e. The summed E-state index contributed by atoms with van der Waals surface area (Å²) >= 11 is 3.36. The molecule has 95 heavy (non-hydrogen) atoms. The Bertz CT molecular complexity index is 3740. The fourth-order valence-electron chi connectivity index (χ4n) is 9.76. The van der Waals surface area contributed by atoms with Gasteiger partial charge in [0.05, 0.1) is 69.1 Å². The van der Waals surface area contributed by atoms with Crippen LogP contribution in [0.25, 0.3) is 22.3 Å². The van der Waals surface area contributed by atoms with Gasteiger partial charge in [-0.2, -0.15) is 5.06 Å². The monoisotopic (exact) mass is 1370 g/mol. The van der Waals surface area contributed by atoms with Crippen LogP contribution in [0, 0.1) is 11.8 Å². The van der Waals surface area contributed by atoms with Crippen LogP contribution in [0.4, 0.5) is 26.7 Å². The lowest BCUT2D eigenvalue weighted by Gasteiger charge is -2.33. The maximum atomic E-state index is 13.4. The second kappa shape index (κ2) is 32.0. The first-order chi connectivity index (χ1) is 44.3. The van der Waals surface area contributed by atoms with E-state index in [9.17, 15) is 38.8 Å². The molecular formula is C70H84BBrN4O19. The number of fused-ring (bicyclic) bond motifs is 3. The Kier molecular flexibility index (Phi) is 25.2. The van der Waals surface area contributed by atoms with Crippen LogP contribution in [-0.4, -0.2) is 114 Å². The lowest BCUT2D eigenvalue weighted by atomic mass is 9.80. The number of halogens is 1. The smallest absolute Gasteiger partial charge is 0.497 e. The van der Waals surface area contributed by atoms with E-state index in [2.05, 4.69) is 15.9 Å². The van der Waals surface area contributed by atoms with Crippen LogP contribution >= 0.6 is 15.9 Å². The third-order valence-corrected chi connectivity index (χ3v) is 14.3. The second-order valence-electron chi connectivity index (χ2n) is 26.3. The highest BCUT2D eigenvalue weighted by Crippen LogP contribution is 2.39. The normalized spacial score (nSPS) is 15.8. The number of benzene rings is 6. The number of carbonyl (C=O) groups is 7. The molecule has 3 aliphatic rings. The fourth-order valence-corrected chi connectivity index (χ4v) is 10.1. The summed E-state index contributed by atoms with van der Waals surface area (Å²) in [6.07, 6.45) is -1.18. The molecule has 6 aromatic rings. The zero-order chi connectivity index (χ0) is 70.5. The van der Waals surface area contributed by atoms with Gasteiger partial charge in [-0.25, -0.2) is 9.59 Å². The Balaban J connectivity index is 0.000000213. The number of methoxy groups -OCH3 is 3. The molecular weight excluding hydrogens is 1290 g/mol. The Morgan fingerprint density at radius 2 is 0.853 bits per heavy atom. The minimum atomic E-state index is -1.43. The fraction of sp³-hybridized carbons (Fsp3) is 0.386. The standard InChI is InChI=1S/C27H33NO7.C20H26BrNO6.C16H16N2O3.C7H9BO3/c1-26(2,3)33-23(29)16-20-13-19-12-11-18(17-9-8-10-21(14-17)32-7)15-22(19)28(24(20)30)35-25(31)34-27(4,5)6;1-19(2,3)26-16(23)10-13-9-12-7-8-14(21)11-15(12)22(17(13)24)28-18(25)27-20(4,5)6;1-21-13-4-2-3-10(7-13)11-5-6-12-8-14(17)16(19)18(20)15(12)9-11;1-11-7-4-2-3-6(5-7)8(9)10/h8-12,14-15,20H,13,16H2,1-7H3;7-8,11,13H,9-10H2,1-6H3;2-7,9,14,20H,8,17H2,1H3;2-5,9-10H,1H3. The number of ether oxygens (including phenoxy) is 7. The molecule has 3 unspecified atom stereocenters. The molecule has 3 aliphatic heterocycles. The van der Waals surface area contributed by atoms with Crippen molar-refractivity contribution in [3.63, 3.8) is 0 Å². The number of hydrogen-bond donors (Lipinski definition) is 4. The molecule has 0 aliphatic carbocycles. The summed E-state index contributed by atoms with van der Waals surface area (Å²) in [6.45, 7) is 20.8. The van der Waals surface area contributed by atoms with Crippen molar-refractivity contribution in [3.8, 4) is 39.5 Å². The van der Waals surface area contributed by atoms with Crippen LogP contribution in [0.15, 0.2) is 132 Å². The van der Waals surface area contributed by atoms with E-state index in [4.69, 9.17) is 58.6 Å². The summed E-state index contributed by atoms with van der Waals surface area (Å²) in [6, 6.07) is 37.5. The number of hydroxylamine groups is 3. The Morgan fingerprint density at radius 1 is 0.484 bits per heavy atom. The Labute approximate surface area is 562 Å². The first kappa shape index (κ1) is 75.0. The molecule has 0 saturated heterocycles. The maximum absolute atomic E-state index is 13.4. The Morgan fingerprint density at radius 3 is 1.26 bits per heavy atom. The number of carbonyl (C=O) groups excluding carboxylic acids is 7. The average molecular weight is 1380 g/mol.